The molecule has 0 spiro atoms. The molecule has 0 aliphatic carbocycles. The second-order valence-corrected chi connectivity index (χ2v) is 5.60. The lowest BCUT2D eigenvalue weighted by Gasteiger charge is -2.19. The Morgan fingerprint density at radius 2 is 2.14 bits per heavy atom. The van der Waals surface area contributed by atoms with E-state index in [1.165, 1.54) is 0 Å². The molecule has 1 aliphatic rings. The number of nitrogens with zero attached hydrogens (tertiary/aromatic N) is 2. The van der Waals surface area contributed by atoms with Gasteiger partial charge in [0.1, 0.15) is 11.7 Å². The van der Waals surface area contributed by atoms with Crippen molar-refractivity contribution in [2.45, 2.75) is 6.42 Å². The predicted molar refractivity (Wildman–Crippen MR) is 85.0 cm³/mol. The molecule has 0 aromatic heterocycles. The average Bonchev–Trinajstić information content (AvgIpc) is 2.88. The summed E-state index contributed by atoms with van der Waals surface area (Å²) in [5, 5.41) is 2.83. The van der Waals surface area contributed by atoms with Gasteiger partial charge in [0, 0.05) is 19.6 Å². The fourth-order valence-electron chi connectivity index (χ4n) is 2.54. The van der Waals surface area contributed by atoms with E-state index in [2.05, 4.69) is 5.32 Å². The van der Waals surface area contributed by atoms with Crippen molar-refractivity contribution in [3.05, 3.63) is 24.3 Å². The highest BCUT2D eigenvalue weighted by Gasteiger charge is 2.38. The van der Waals surface area contributed by atoms with Gasteiger partial charge < -0.3 is 19.9 Å². The molecule has 1 N–H and O–H groups in total. The summed E-state index contributed by atoms with van der Waals surface area (Å²) in [6.07, 6.45) is 0.532. The first-order valence-corrected chi connectivity index (χ1v) is 7.41. The Morgan fingerprint density at radius 3 is 2.82 bits per heavy atom. The standard InChI is InChI=1S/C16H23N3O3/c1-18(2)11-9-17-15(20)12-8-10-19(16(12)21)13-6-4-5-7-14(13)22-3/h4-7,12H,8-11H2,1-3H3,(H,17,20). The molecule has 1 unspecified atom stereocenters. The van der Waals surface area contributed by atoms with Crippen molar-refractivity contribution < 1.29 is 14.3 Å². The average molecular weight is 305 g/mol. The van der Waals surface area contributed by atoms with Crippen LogP contribution in [0, 0.1) is 5.92 Å². The van der Waals surface area contributed by atoms with Crippen molar-refractivity contribution in [2.24, 2.45) is 5.92 Å². The van der Waals surface area contributed by atoms with Crippen LogP contribution < -0.4 is 15.0 Å². The number of rotatable bonds is 6. The number of carbonyl (C=O) groups is 2. The number of hydrogen-bond donors (Lipinski definition) is 1. The molecule has 1 atom stereocenters. The number of benzene rings is 1. The number of anilines is 1. The van der Waals surface area contributed by atoms with E-state index in [1.54, 1.807) is 12.0 Å². The Labute approximate surface area is 131 Å². The van der Waals surface area contributed by atoms with Gasteiger partial charge in [-0.2, -0.15) is 0 Å². The van der Waals surface area contributed by atoms with E-state index in [1.807, 2.05) is 43.3 Å². The summed E-state index contributed by atoms with van der Waals surface area (Å²) < 4.78 is 5.29. The number of nitrogens with one attached hydrogen (secondary N) is 1. The molecule has 1 saturated heterocycles. The summed E-state index contributed by atoms with van der Waals surface area (Å²) in [4.78, 5) is 28.3. The molecule has 1 heterocycles. The van der Waals surface area contributed by atoms with Gasteiger partial charge in [0.05, 0.1) is 12.8 Å². The first kappa shape index (κ1) is 16.3. The number of hydrogen-bond acceptors (Lipinski definition) is 4. The maximum atomic E-state index is 12.5. The van der Waals surface area contributed by atoms with Gasteiger partial charge in [0.15, 0.2) is 0 Å². The quantitative estimate of drug-likeness (QED) is 0.787. The minimum absolute atomic E-state index is 0.160. The van der Waals surface area contributed by atoms with Crippen LogP contribution in [0.15, 0.2) is 24.3 Å². The van der Waals surface area contributed by atoms with Crippen LogP contribution in [-0.2, 0) is 9.59 Å². The summed E-state index contributed by atoms with van der Waals surface area (Å²) in [6, 6.07) is 7.36. The predicted octanol–water partition coefficient (Wildman–Crippen LogP) is 0.726. The van der Waals surface area contributed by atoms with Crippen LogP contribution in [-0.4, -0.2) is 57.6 Å². The molecule has 0 bridgehead atoms. The fraction of sp³-hybridized carbons (Fsp3) is 0.500. The van der Waals surface area contributed by atoms with E-state index >= 15 is 0 Å². The van der Waals surface area contributed by atoms with Crippen LogP contribution >= 0.6 is 0 Å². The summed E-state index contributed by atoms with van der Waals surface area (Å²) in [5.74, 6) is -0.312. The molecule has 2 rings (SSSR count). The molecule has 2 amide bonds. The molecule has 0 saturated carbocycles. The summed E-state index contributed by atoms with van der Waals surface area (Å²) in [7, 11) is 5.46. The summed E-state index contributed by atoms with van der Waals surface area (Å²) in [6.45, 7) is 1.83. The van der Waals surface area contributed by atoms with Gasteiger partial charge in [0.25, 0.3) is 0 Å². The second kappa shape index (κ2) is 7.26. The third kappa shape index (κ3) is 3.57. The Hall–Kier alpha value is -2.08. The van der Waals surface area contributed by atoms with E-state index in [9.17, 15) is 9.59 Å². The van der Waals surface area contributed by atoms with Crippen molar-refractivity contribution >= 4 is 17.5 Å². The van der Waals surface area contributed by atoms with Gasteiger partial charge in [0.2, 0.25) is 11.8 Å². The zero-order valence-electron chi connectivity index (χ0n) is 13.3. The molecule has 1 aliphatic heterocycles. The third-order valence-corrected chi connectivity index (χ3v) is 3.76. The highest BCUT2D eigenvalue weighted by atomic mass is 16.5. The lowest BCUT2D eigenvalue weighted by Crippen LogP contribution is -2.39. The molecular formula is C16H23N3O3. The van der Waals surface area contributed by atoms with Crippen LogP contribution in [0.5, 0.6) is 5.75 Å². The second-order valence-electron chi connectivity index (χ2n) is 5.60. The largest absolute Gasteiger partial charge is 0.495 e. The van der Waals surface area contributed by atoms with Crippen molar-refractivity contribution in [2.75, 3.05) is 45.7 Å². The van der Waals surface area contributed by atoms with Gasteiger partial charge in [-0.3, -0.25) is 9.59 Å². The van der Waals surface area contributed by atoms with Crippen molar-refractivity contribution in [3.8, 4) is 5.75 Å². The van der Waals surface area contributed by atoms with Gasteiger partial charge >= 0.3 is 0 Å². The SMILES string of the molecule is COc1ccccc1N1CCC(C(=O)NCCN(C)C)C1=O. The highest BCUT2D eigenvalue weighted by Crippen LogP contribution is 2.32. The van der Waals surface area contributed by atoms with E-state index in [0.717, 1.165) is 12.2 Å². The maximum Gasteiger partial charge on any atom is 0.239 e. The van der Waals surface area contributed by atoms with Gasteiger partial charge in [-0.25, -0.2) is 0 Å². The number of para-hydroxylation sites is 2. The third-order valence-electron chi connectivity index (χ3n) is 3.76. The Bertz CT molecular complexity index is 545. The molecule has 0 radical (unpaired) electrons. The van der Waals surface area contributed by atoms with Crippen LogP contribution in [0.25, 0.3) is 0 Å². The Kier molecular flexibility index (Phi) is 5.38. The zero-order chi connectivity index (χ0) is 16.1. The number of amides is 2. The summed E-state index contributed by atoms with van der Waals surface area (Å²) >= 11 is 0. The van der Waals surface area contributed by atoms with Gasteiger partial charge in [-0.05, 0) is 32.6 Å². The molecule has 120 valence electrons. The van der Waals surface area contributed by atoms with E-state index < -0.39 is 5.92 Å². The van der Waals surface area contributed by atoms with Crippen LogP contribution in [0.2, 0.25) is 0 Å². The molecule has 6 nitrogen and oxygen atoms in total. The van der Waals surface area contributed by atoms with Crippen LogP contribution in [0.1, 0.15) is 6.42 Å². The van der Waals surface area contributed by atoms with Crippen molar-refractivity contribution in [1.29, 1.82) is 0 Å². The van der Waals surface area contributed by atoms with Crippen molar-refractivity contribution in [3.63, 3.8) is 0 Å². The molecule has 1 aromatic carbocycles. The molecule has 1 fully saturated rings. The number of carbonyl (C=O) groups excluding carboxylic acids is 2. The van der Waals surface area contributed by atoms with Crippen LogP contribution in [0.3, 0.4) is 0 Å². The molecular weight excluding hydrogens is 282 g/mol. The first-order chi connectivity index (χ1) is 10.5. The number of methoxy groups -OCH3 is 1. The lowest BCUT2D eigenvalue weighted by molar-refractivity contribution is -0.132. The molecule has 1 aromatic rings. The number of likely N-dealkylation sites (N-methyl/N-ethyl adjacent to an activating group) is 1. The smallest absolute Gasteiger partial charge is 0.239 e. The minimum Gasteiger partial charge on any atom is -0.495 e. The van der Waals surface area contributed by atoms with Crippen molar-refractivity contribution in [1.82, 2.24) is 10.2 Å². The summed E-state index contributed by atoms with van der Waals surface area (Å²) in [5.41, 5.74) is 0.721. The number of ether oxygens (including phenoxy) is 1. The minimum atomic E-state index is -0.605. The highest BCUT2D eigenvalue weighted by molar-refractivity contribution is 6.10. The normalized spacial score (nSPS) is 17.9. The van der Waals surface area contributed by atoms with E-state index in [0.29, 0.717) is 25.3 Å². The Balaban J connectivity index is 2.02. The topological polar surface area (TPSA) is 61.9 Å². The van der Waals surface area contributed by atoms with Gasteiger partial charge in [-0.1, -0.05) is 12.1 Å². The monoisotopic (exact) mass is 305 g/mol. The first-order valence-electron chi connectivity index (χ1n) is 7.41. The molecule has 6 heteroatoms. The maximum absolute atomic E-state index is 12.5. The fourth-order valence-corrected chi connectivity index (χ4v) is 2.54. The lowest BCUT2D eigenvalue weighted by atomic mass is 10.1. The van der Waals surface area contributed by atoms with Gasteiger partial charge in [-0.15, -0.1) is 0 Å². The Morgan fingerprint density at radius 1 is 1.41 bits per heavy atom. The van der Waals surface area contributed by atoms with E-state index in [-0.39, 0.29) is 11.8 Å². The van der Waals surface area contributed by atoms with E-state index in [4.69, 9.17) is 4.74 Å². The molecule has 22 heavy (non-hydrogen) atoms. The zero-order valence-corrected chi connectivity index (χ0v) is 13.3. The van der Waals surface area contributed by atoms with Crippen LogP contribution in [0.4, 0.5) is 5.69 Å².